The highest BCUT2D eigenvalue weighted by molar-refractivity contribution is 7.99. The fraction of sp³-hybridized carbons (Fsp3) is 0.571. The van der Waals surface area contributed by atoms with Crippen LogP contribution in [0.3, 0.4) is 0 Å². The van der Waals surface area contributed by atoms with Crippen molar-refractivity contribution in [3.05, 3.63) is 5.51 Å². The Bertz CT molecular complexity index is 262. The highest BCUT2D eigenvalue weighted by atomic mass is 32.2. The lowest BCUT2D eigenvalue weighted by Crippen LogP contribution is -2.33. The quantitative estimate of drug-likeness (QED) is 0.462. The maximum atomic E-state index is 4.93. The SMILES string of the molecule is CNC(=S)NCCCSc1ncsn1. The third-order valence-electron chi connectivity index (χ3n) is 1.41. The van der Waals surface area contributed by atoms with Gasteiger partial charge >= 0.3 is 0 Å². The molecule has 0 radical (unpaired) electrons. The van der Waals surface area contributed by atoms with Crippen molar-refractivity contribution < 1.29 is 0 Å². The Morgan fingerprint density at radius 2 is 2.57 bits per heavy atom. The van der Waals surface area contributed by atoms with Crippen LogP contribution in [-0.4, -0.2) is 33.8 Å². The molecule has 0 unspecified atom stereocenters. The van der Waals surface area contributed by atoms with E-state index in [9.17, 15) is 0 Å². The number of rotatable bonds is 5. The largest absolute Gasteiger partial charge is 0.366 e. The average Bonchev–Trinajstić information content (AvgIpc) is 2.69. The van der Waals surface area contributed by atoms with Crippen molar-refractivity contribution in [1.29, 1.82) is 0 Å². The number of thioether (sulfide) groups is 1. The molecule has 1 rings (SSSR count). The van der Waals surface area contributed by atoms with Gasteiger partial charge in [-0.3, -0.25) is 0 Å². The van der Waals surface area contributed by atoms with E-state index in [0.29, 0.717) is 5.11 Å². The van der Waals surface area contributed by atoms with E-state index in [1.165, 1.54) is 11.5 Å². The number of nitrogens with one attached hydrogen (secondary N) is 2. The van der Waals surface area contributed by atoms with Crippen LogP contribution in [-0.2, 0) is 0 Å². The summed E-state index contributed by atoms with van der Waals surface area (Å²) in [4.78, 5) is 4.08. The fourth-order valence-corrected chi connectivity index (χ4v) is 2.19. The Morgan fingerprint density at radius 3 is 3.21 bits per heavy atom. The lowest BCUT2D eigenvalue weighted by Gasteiger charge is -2.05. The van der Waals surface area contributed by atoms with Crippen LogP contribution in [0.5, 0.6) is 0 Å². The van der Waals surface area contributed by atoms with E-state index in [4.69, 9.17) is 12.2 Å². The number of thiocarbonyl (C=S) groups is 1. The molecular weight excluding hydrogens is 236 g/mol. The number of nitrogens with zero attached hydrogens (tertiary/aromatic N) is 2. The van der Waals surface area contributed by atoms with Gasteiger partial charge in [0, 0.05) is 19.3 Å². The molecule has 0 amide bonds. The van der Waals surface area contributed by atoms with Crippen molar-refractivity contribution in [3.8, 4) is 0 Å². The fourth-order valence-electron chi connectivity index (χ4n) is 0.750. The summed E-state index contributed by atoms with van der Waals surface area (Å²) in [5, 5.41) is 7.50. The second-order valence-corrected chi connectivity index (χ2v) is 4.50. The monoisotopic (exact) mass is 248 g/mol. The van der Waals surface area contributed by atoms with Gasteiger partial charge in [-0.05, 0) is 30.2 Å². The molecule has 0 aliphatic rings. The Balaban J connectivity index is 1.97. The minimum atomic E-state index is 0.696. The van der Waals surface area contributed by atoms with E-state index >= 15 is 0 Å². The van der Waals surface area contributed by atoms with E-state index in [1.54, 1.807) is 17.3 Å². The molecule has 2 N–H and O–H groups in total. The molecule has 0 aliphatic carbocycles. The lowest BCUT2D eigenvalue weighted by molar-refractivity contribution is 0.833. The van der Waals surface area contributed by atoms with Crippen molar-refractivity contribution in [2.24, 2.45) is 0 Å². The smallest absolute Gasteiger partial charge is 0.200 e. The molecule has 0 atom stereocenters. The van der Waals surface area contributed by atoms with Gasteiger partial charge in [-0.25, -0.2) is 4.98 Å². The second-order valence-electron chi connectivity index (χ2n) is 2.42. The Labute approximate surface area is 97.1 Å². The number of aromatic nitrogens is 2. The van der Waals surface area contributed by atoms with Crippen LogP contribution in [0.1, 0.15) is 6.42 Å². The standard InChI is InChI=1S/C7H12N4S3/c1-8-6(12)9-3-2-4-13-7-10-5-14-11-7/h5H,2-4H2,1H3,(H2,8,9,12). The minimum absolute atomic E-state index is 0.696. The highest BCUT2D eigenvalue weighted by Crippen LogP contribution is 2.13. The van der Waals surface area contributed by atoms with Crippen LogP contribution in [0.25, 0.3) is 0 Å². The van der Waals surface area contributed by atoms with Crippen LogP contribution in [0.2, 0.25) is 0 Å². The summed E-state index contributed by atoms with van der Waals surface area (Å²) < 4.78 is 4.10. The summed E-state index contributed by atoms with van der Waals surface area (Å²) in [7, 11) is 1.81. The highest BCUT2D eigenvalue weighted by Gasteiger charge is 1.97. The van der Waals surface area contributed by atoms with Gasteiger partial charge in [-0.2, -0.15) is 4.37 Å². The molecule has 0 fully saturated rings. The Morgan fingerprint density at radius 1 is 1.71 bits per heavy atom. The average molecular weight is 248 g/mol. The summed E-state index contributed by atoms with van der Waals surface area (Å²) in [6.45, 7) is 0.886. The van der Waals surface area contributed by atoms with E-state index in [1.807, 2.05) is 7.05 Å². The van der Waals surface area contributed by atoms with Crippen molar-refractivity contribution in [2.75, 3.05) is 19.3 Å². The normalized spacial score (nSPS) is 9.79. The van der Waals surface area contributed by atoms with Crippen molar-refractivity contribution in [1.82, 2.24) is 20.0 Å². The van der Waals surface area contributed by atoms with Gasteiger partial charge in [0.05, 0.1) is 0 Å². The second kappa shape index (κ2) is 6.97. The summed E-state index contributed by atoms with van der Waals surface area (Å²) in [6, 6.07) is 0. The first-order valence-corrected chi connectivity index (χ1v) is 6.40. The first kappa shape index (κ1) is 11.7. The maximum absolute atomic E-state index is 4.93. The van der Waals surface area contributed by atoms with Crippen LogP contribution < -0.4 is 10.6 Å². The number of hydrogen-bond donors (Lipinski definition) is 2. The molecule has 4 nitrogen and oxygen atoms in total. The van der Waals surface area contributed by atoms with E-state index < -0.39 is 0 Å². The first-order valence-electron chi connectivity index (χ1n) is 4.17. The molecule has 1 heterocycles. The molecular formula is C7H12N4S3. The van der Waals surface area contributed by atoms with Crippen molar-refractivity contribution >= 4 is 40.6 Å². The van der Waals surface area contributed by atoms with Crippen LogP contribution >= 0.6 is 35.5 Å². The summed E-state index contributed by atoms with van der Waals surface area (Å²) in [6.07, 6.45) is 1.05. The molecule has 1 aromatic heterocycles. The van der Waals surface area contributed by atoms with Crippen LogP contribution in [0, 0.1) is 0 Å². The molecule has 0 bridgehead atoms. The van der Waals surface area contributed by atoms with Crippen LogP contribution in [0.15, 0.2) is 10.7 Å². The summed E-state index contributed by atoms with van der Waals surface area (Å²) in [5.74, 6) is 1.01. The van der Waals surface area contributed by atoms with Gasteiger partial charge in [0.2, 0.25) is 0 Å². The zero-order chi connectivity index (χ0) is 10.2. The van der Waals surface area contributed by atoms with Gasteiger partial charge < -0.3 is 10.6 Å². The maximum Gasteiger partial charge on any atom is 0.200 e. The lowest BCUT2D eigenvalue weighted by atomic mass is 10.5. The number of hydrogen-bond acceptors (Lipinski definition) is 5. The Kier molecular flexibility index (Phi) is 5.81. The Hall–Kier alpha value is -0.400. The predicted octanol–water partition coefficient (Wildman–Crippen LogP) is 1.11. The van der Waals surface area contributed by atoms with Crippen molar-refractivity contribution in [3.63, 3.8) is 0 Å². The molecule has 0 saturated carbocycles. The third kappa shape index (κ3) is 4.73. The van der Waals surface area contributed by atoms with E-state index in [2.05, 4.69) is 20.0 Å². The molecule has 0 aromatic carbocycles. The molecule has 7 heteroatoms. The molecule has 0 saturated heterocycles. The van der Waals surface area contributed by atoms with E-state index in [0.717, 1.165) is 23.9 Å². The van der Waals surface area contributed by atoms with Gasteiger partial charge in [-0.15, -0.1) is 0 Å². The van der Waals surface area contributed by atoms with Gasteiger partial charge in [0.25, 0.3) is 0 Å². The van der Waals surface area contributed by atoms with E-state index in [-0.39, 0.29) is 0 Å². The molecule has 1 aromatic rings. The molecule has 78 valence electrons. The van der Waals surface area contributed by atoms with Crippen LogP contribution in [0.4, 0.5) is 0 Å². The van der Waals surface area contributed by atoms with Gasteiger partial charge in [0.1, 0.15) is 5.51 Å². The zero-order valence-corrected chi connectivity index (χ0v) is 10.3. The topological polar surface area (TPSA) is 49.8 Å². The summed E-state index contributed by atoms with van der Waals surface area (Å²) >= 11 is 7.99. The molecule has 0 spiro atoms. The third-order valence-corrected chi connectivity index (χ3v) is 3.30. The summed E-state index contributed by atoms with van der Waals surface area (Å²) in [5.41, 5.74) is 1.75. The first-order chi connectivity index (χ1) is 6.83. The zero-order valence-electron chi connectivity index (χ0n) is 7.82. The van der Waals surface area contributed by atoms with Crippen molar-refractivity contribution in [2.45, 2.75) is 11.6 Å². The minimum Gasteiger partial charge on any atom is -0.366 e. The van der Waals surface area contributed by atoms with Gasteiger partial charge in [0.15, 0.2) is 10.3 Å². The molecule has 14 heavy (non-hydrogen) atoms. The van der Waals surface area contributed by atoms with Gasteiger partial charge in [-0.1, -0.05) is 11.8 Å². The molecule has 0 aliphatic heterocycles. The predicted molar refractivity (Wildman–Crippen MR) is 64.9 cm³/mol.